The van der Waals surface area contributed by atoms with Gasteiger partial charge in [0.2, 0.25) is 5.09 Å². The minimum Gasteiger partial charge on any atom is -0.451 e. The molecule has 1 spiro atoms. The third kappa shape index (κ3) is 2.04. The van der Waals surface area contributed by atoms with E-state index in [-0.39, 0.29) is 28.5 Å². The normalized spacial score (nSPS) is 24.3. The van der Waals surface area contributed by atoms with Crippen LogP contribution in [-0.4, -0.2) is 50.6 Å². The number of aliphatic hydroxyl groups is 1. The maximum Gasteiger partial charge on any atom is 0.273 e. The van der Waals surface area contributed by atoms with E-state index >= 15 is 0 Å². The van der Waals surface area contributed by atoms with Gasteiger partial charge < -0.3 is 14.4 Å². The lowest BCUT2D eigenvalue weighted by Crippen LogP contribution is -2.29. The number of β-amino-alcohol motifs (C(OH)–C–C–N with tert-alkyl or cyclic N) is 1. The van der Waals surface area contributed by atoms with Gasteiger partial charge in [-0.25, -0.2) is 13.1 Å². The number of sulfonamides is 1. The van der Waals surface area contributed by atoms with Gasteiger partial charge >= 0.3 is 0 Å². The monoisotopic (exact) mass is 300 g/mol. The van der Waals surface area contributed by atoms with Crippen LogP contribution in [0.4, 0.5) is 0 Å². The first-order chi connectivity index (χ1) is 9.38. The Hall–Kier alpha value is -1.38. The van der Waals surface area contributed by atoms with E-state index in [1.807, 2.05) is 0 Å². The molecule has 2 fully saturated rings. The second-order valence-electron chi connectivity index (χ2n) is 5.43. The van der Waals surface area contributed by atoms with Gasteiger partial charge in [-0.15, -0.1) is 0 Å². The minimum atomic E-state index is -3.69. The third-order valence-corrected chi connectivity index (χ3v) is 5.42. The predicted octanol–water partition coefficient (Wildman–Crippen LogP) is -0.215. The van der Waals surface area contributed by atoms with Crippen molar-refractivity contribution in [3.05, 3.63) is 17.9 Å². The average molecular weight is 300 g/mol. The average Bonchev–Trinajstić information content (AvgIpc) is 2.89. The summed E-state index contributed by atoms with van der Waals surface area (Å²) < 4.78 is 30.2. The number of nitrogens with one attached hydrogen (secondary N) is 1. The fourth-order valence-corrected chi connectivity index (χ4v) is 3.27. The molecule has 1 aromatic rings. The van der Waals surface area contributed by atoms with Crippen molar-refractivity contribution >= 4 is 15.9 Å². The van der Waals surface area contributed by atoms with E-state index in [1.54, 1.807) is 4.90 Å². The zero-order valence-corrected chi connectivity index (χ0v) is 11.8. The van der Waals surface area contributed by atoms with Crippen LogP contribution in [0.15, 0.2) is 21.8 Å². The van der Waals surface area contributed by atoms with Gasteiger partial charge in [0, 0.05) is 24.6 Å². The molecule has 0 aromatic carbocycles. The summed E-state index contributed by atoms with van der Waals surface area (Å²) in [6.45, 7) is 0.810. The van der Waals surface area contributed by atoms with Crippen LogP contribution in [0.5, 0.6) is 0 Å². The Morgan fingerprint density at radius 2 is 2.25 bits per heavy atom. The maximum absolute atomic E-state index is 12.3. The molecule has 1 aromatic heterocycles. The molecule has 8 heteroatoms. The van der Waals surface area contributed by atoms with Crippen molar-refractivity contribution in [3.8, 4) is 0 Å². The van der Waals surface area contributed by atoms with Crippen molar-refractivity contribution in [3.63, 3.8) is 0 Å². The van der Waals surface area contributed by atoms with Crippen LogP contribution in [0.2, 0.25) is 0 Å². The van der Waals surface area contributed by atoms with Crippen molar-refractivity contribution in [1.29, 1.82) is 0 Å². The lowest BCUT2D eigenvalue weighted by molar-refractivity contribution is 0.0763. The zero-order valence-electron chi connectivity index (χ0n) is 11.0. The van der Waals surface area contributed by atoms with Gasteiger partial charge in [0.1, 0.15) is 6.26 Å². The lowest BCUT2D eigenvalue weighted by atomic mass is 10.0. The summed E-state index contributed by atoms with van der Waals surface area (Å²) in [5, 5.41) is 9.65. The lowest BCUT2D eigenvalue weighted by Gasteiger charge is -2.14. The molecule has 20 heavy (non-hydrogen) atoms. The molecule has 7 nitrogen and oxygen atoms in total. The topological polar surface area (TPSA) is 99.9 Å². The summed E-state index contributed by atoms with van der Waals surface area (Å²) in [6.07, 6.45) is 2.52. The molecular formula is C12H16N2O5S. The minimum absolute atomic E-state index is 0.126. The van der Waals surface area contributed by atoms with Gasteiger partial charge in [0.25, 0.3) is 15.9 Å². The molecule has 1 amide bonds. The molecule has 0 radical (unpaired) electrons. The summed E-state index contributed by atoms with van der Waals surface area (Å²) in [5.74, 6) is -0.311. The third-order valence-electron chi connectivity index (χ3n) is 4.14. The Labute approximate surface area is 116 Å². The predicted molar refractivity (Wildman–Crippen MR) is 68.5 cm³/mol. The molecular weight excluding hydrogens is 284 g/mol. The van der Waals surface area contributed by atoms with E-state index in [2.05, 4.69) is 4.72 Å². The highest BCUT2D eigenvalue weighted by atomic mass is 32.2. The van der Waals surface area contributed by atoms with Gasteiger partial charge in [-0.1, -0.05) is 0 Å². The number of likely N-dealkylation sites (tertiary alicyclic amines) is 1. The van der Waals surface area contributed by atoms with Gasteiger partial charge in [0.05, 0.1) is 11.7 Å². The van der Waals surface area contributed by atoms with E-state index in [0.29, 0.717) is 6.54 Å². The molecule has 1 saturated carbocycles. The first-order valence-electron chi connectivity index (χ1n) is 6.37. The standard InChI is InChI=1S/C12H16N2O5S/c1-13-20(17,18)10-4-8(6-19-10)11(16)14-5-9(15)12(7-14)2-3-12/h4,6,9,13,15H,2-3,5,7H2,1H3. The molecule has 1 atom stereocenters. The quantitative estimate of drug-likeness (QED) is 0.804. The molecule has 2 N–H and O–H groups in total. The first kappa shape index (κ1) is 13.6. The van der Waals surface area contributed by atoms with Crippen LogP contribution in [0.25, 0.3) is 0 Å². The number of furan rings is 1. The summed E-state index contributed by atoms with van der Waals surface area (Å²) in [5.41, 5.74) is 0.0583. The van der Waals surface area contributed by atoms with Gasteiger partial charge in [0.15, 0.2) is 0 Å². The van der Waals surface area contributed by atoms with Gasteiger partial charge in [-0.3, -0.25) is 4.79 Å². The van der Waals surface area contributed by atoms with Crippen molar-refractivity contribution in [2.75, 3.05) is 20.1 Å². The fraction of sp³-hybridized carbons (Fsp3) is 0.583. The first-order valence-corrected chi connectivity index (χ1v) is 7.86. The molecule has 110 valence electrons. The molecule has 0 bridgehead atoms. The Balaban J connectivity index is 1.79. The molecule has 2 heterocycles. The van der Waals surface area contributed by atoms with Crippen LogP contribution in [-0.2, 0) is 10.0 Å². The number of hydrogen-bond donors (Lipinski definition) is 2. The number of carbonyl (C=O) groups excluding carboxylic acids is 1. The van der Waals surface area contributed by atoms with Gasteiger partial charge in [-0.2, -0.15) is 0 Å². The highest BCUT2D eigenvalue weighted by Gasteiger charge is 2.55. The number of aliphatic hydroxyl groups excluding tert-OH is 1. The van der Waals surface area contributed by atoms with E-state index < -0.39 is 16.1 Å². The van der Waals surface area contributed by atoms with Crippen LogP contribution < -0.4 is 4.72 Å². The van der Waals surface area contributed by atoms with Crippen LogP contribution in [0, 0.1) is 5.41 Å². The van der Waals surface area contributed by atoms with Crippen molar-refractivity contribution in [2.24, 2.45) is 5.41 Å². The summed E-state index contributed by atoms with van der Waals surface area (Å²) in [4.78, 5) is 13.8. The van der Waals surface area contributed by atoms with Crippen molar-refractivity contribution in [1.82, 2.24) is 9.62 Å². The molecule has 1 aliphatic carbocycles. The summed E-state index contributed by atoms with van der Waals surface area (Å²) in [6, 6.07) is 1.21. The SMILES string of the molecule is CNS(=O)(=O)c1cc(C(=O)N2CC(O)C3(CC3)C2)co1. The fourth-order valence-electron chi connectivity index (χ4n) is 2.61. The summed E-state index contributed by atoms with van der Waals surface area (Å²) >= 11 is 0. The second kappa shape index (κ2) is 4.31. The Bertz CT molecular complexity index is 647. The zero-order chi connectivity index (χ0) is 14.5. The van der Waals surface area contributed by atoms with E-state index in [1.165, 1.54) is 13.1 Å². The molecule has 1 saturated heterocycles. The number of rotatable bonds is 3. The van der Waals surface area contributed by atoms with Crippen molar-refractivity contribution in [2.45, 2.75) is 24.0 Å². The van der Waals surface area contributed by atoms with Crippen molar-refractivity contribution < 1.29 is 22.7 Å². The smallest absolute Gasteiger partial charge is 0.273 e. The highest BCUT2D eigenvalue weighted by Crippen LogP contribution is 2.52. The molecule has 2 aliphatic rings. The highest BCUT2D eigenvalue weighted by molar-refractivity contribution is 7.89. The Morgan fingerprint density at radius 3 is 2.80 bits per heavy atom. The maximum atomic E-state index is 12.3. The summed E-state index contributed by atoms with van der Waals surface area (Å²) in [7, 11) is -2.42. The van der Waals surface area contributed by atoms with E-state index in [4.69, 9.17) is 4.42 Å². The molecule has 1 unspecified atom stereocenters. The molecule has 1 aliphatic heterocycles. The largest absolute Gasteiger partial charge is 0.451 e. The van der Waals surface area contributed by atoms with Crippen LogP contribution in [0.3, 0.4) is 0 Å². The Kier molecular flexibility index (Phi) is 2.93. The second-order valence-corrected chi connectivity index (χ2v) is 7.24. The number of nitrogens with zero attached hydrogens (tertiary/aromatic N) is 1. The number of hydrogen-bond acceptors (Lipinski definition) is 5. The number of amides is 1. The van der Waals surface area contributed by atoms with Crippen LogP contribution in [0.1, 0.15) is 23.2 Å². The van der Waals surface area contributed by atoms with Crippen LogP contribution >= 0.6 is 0 Å². The molecule has 3 rings (SSSR count). The number of carbonyl (C=O) groups is 1. The van der Waals surface area contributed by atoms with E-state index in [0.717, 1.165) is 19.1 Å². The van der Waals surface area contributed by atoms with E-state index in [9.17, 15) is 18.3 Å². The van der Waals surface area contributed by atoms with Gasteiger partial charge in [-0.05, 0) is 19.9 Å². The Morgan fingerprint density at radius 1 is 1.55 bits per heavy atom.